The summed E-state index contributed by atoms with van der Waals surface area (Å²) in [6, 6.07) is 1.01. The summed E-state index contributed by atoms with van der Waals surface area (Å²) in [6.45, 7) is 14.4. The van der Waals surface area contributed by atoms with E-state index < -0.39 is 21.4 Å². The van der Waals surface area contributed by atoms with Crippen molar-refractivity contribution in [2.75, 3.05) is 6.61 Å². The summed E-state index contributed by atoms with van der Waals surface area (Å²) in [5, 5.41) is 0. The molecule has 0 bridgehead atoms. The van der Waals surface area contributed by atoms with Gasteiger partial charge in [-0.2, -0.15) is 0 Å². The maximum atomic E-state index is 13.6. The lowest BCUT2D eigenvalue weighted by molar-refractivity contribution is -0.114. The van der Waals surface area contributed by atoms with Crippen LogP contribution in [-0.2, 0) is 22.8 Å². The molecule has 0 radical (unpaired) electrons. The third-order valence-electron chi connectivity index (χ3n) is 3.65. The minimum atomic E-state index is -3.55. The Kier molecular flexibility index (Phi) is 7.97. The molecule has 1 rings (SSSR count). The lowest BCUT2D eigenvalue weighted by Crippen LogP contribution is -2.45. The summed E-state index contributed by atoms with van der Waals surface area (Å²) in [5.41, 5.74) is -1.23. The Labute approximate surface area is 143 Å². The van der Waals surface area contributed by atoms with Gasteiger partial charge in [-0.25, -0.2) is 0 Å². The minimum Gasteiger partial charge on any atom is -0.381 e. The van der Waals surface area contributed by atoms with Gasteiger partial charge in [0.15, 0.2) is 8.32 Å². The van der Waals surface area contributed by atoms with Gasteiger partial charge in [0.25, 0.3) is 5.53 Å². The molecule has 5 nitrogen and oxygen atoms in total. The number of rotatable bonds is 10. The van der Waals surface area contributed by atoms with Gasteiger partial charge >= 0.3 is 7.60 Å². The van der Waals surface area contributed by atoms with E-state index in [4.69, 9.17) is 18.2 Å². The van der Waals surface area contributed by atoms with Crippen LogP contribution in [0.2, 0.25) is 19.1 Å². The van der Waals surface area contributed by atoms with Crippen LogP contribution in [0.3, 0.4) is 0 Å². The fourth-order valence-electron chi connectivity index (χ4n) is 2.78. The Morgan fingerprint density at radius 1 is 1.17 bits per heavy atom. The maximum Gasteiger partial charge on any atom is 0.389 e. The monoisotopic (exact) mass is 366 g/mol. The van der Waals surface area contributed by atoms with Crippen molar-refractivity contribution in [3.8, 4) is 0 Å². The van der Waals surface area contributed by atoms with E-state index in [1.165, 1.54) is 0 Å². The number of unbranched alkanes of at least 4 members (excludes halogenated alkanes) is 1. The maximum absolute atomic E-state index is 13.6. The van der Waals surface area contributed by atoms with Crippen LogP contribution in [-0.4, -0.2) is 32.7 Å². The Morgan fingerprint density at radius 3 is 2.13 bits per heavy atom. The first kappa shape index (κ1) is 21.3. The summed E-state index contributed by atoms with van der Waals surface area (Å²) in [7, 11) is -5.58. The molecule has 138 valence electrons. The van der Waals surface area contributed by atoms with Crippen LogP contribution in [0, 0.1) is 0 Å². The van der Waals surface area contributed by atoms with Gasteiger partial charge in [0.1, 0.15) is 0 Å². The Morgan fingerprint density at radius 2 is 1.74 bits per heavy atom. The molecule has 1 fully saturated rings. The summed E-state index contributed by atoms with van der Waals surface area (Å²) < 4.78 is 37.6. The van der Waals surface area contributed by atoms with Gasteiger partial charge < -0.3 is 18.2 Å². The summed E-state index contributed by atoms with van der Waals surface area (Å²) in [4.78, 5) is 0. The average molecular weight is 367 g/mol. The van der Waals surface area contributed by atoms with E-state index in [0.717, 1.165) is 25.3 Å². The standard InChI is InChI=1S/C16H35O5PSi/c1-8-9-13-23(6,7)21-16(11-10-12-18-16)22(17,19-14(2)3)20-15(4)5/h14-15H,8-13H2,1-7H3. The highest BCUT2D eigenvalue weighted by Gasteiger charge is 2.59. The predicted octanol–water partition coefficient (Wildman–Crippen LogP) is 5.52. The van der Waals surface area contributed by atoms with Crippen molar-refractivity contribution in [3.63, 3.8) is 0 Å². The average Bonchev–Trinajstić information content (AvgIpc) is 2.84. The zero-order valence-electron chi connectivity index (χ0n) is 15.9. The van der Waals surface area contributed by atoms with E-state index in [0.29, 0.717) is 13.0 Å². The zero-order valence-corrected chi connectivity index (χ0v) is 17.8. The van der Waals surface area contributed by atoms with Crippen molar-refractivity contribution >= 4 is 15.9 Å². The minimum absolute atomic E-state index is 0.218. The molecule has 0 aromatic carbocycles. The van der Waals surface area contributed by atoms with E-state index in [9.17, 15) is 4.57 Å². The molecule has 0 aromatic rings. The molecule has 1 unspecified atom stereocenters. The molecule has 0 amide bonds. The van der Waals surface area contributed by atoms with Gasteiger partial charge in [0, 0.05) is 6.42 Å². The van der Waals surface area contributed by atoms with Crippen LogP contribution < -0.4 is 0 Å². The van der Waals surface area contributed by atoms with E-state index in [2.05, 4.69) is 20.0 Å². The van der Waals surface area contributed by atoms with Gasteiger partial charge in [-0.1, -0.05) is 19.8 Å². The van der Waals surface area contributed by atoms with E-state index in [1.807, 2.05) is 27.7 Å². The second kappa shape index (κ2) is 8.59. The summed E-state index contributed by atoms with van der Waals surface area (Å²) in [5.74, 6) is 0. The van der Waals surface area contributed by atoms with Crippen molar-refractivity contribution in [2.24, 2.45) is 0 Å². The highest BCUT2D eigenvalue weighted by Crippen LogP contribution is 2.66. The fourth-order valence-corrected chi connectivity index (χ4v) is 8.46. The number of hydrogen-bond donors (Lipinski definition) is 0. The lowest BCUT2D eigenvalue weighted by atomic mass is 10.4. The van der Waals surface area contributed by atoms with E-state index in [1.54, 1.807) is 0 Å². The van der Waals surface area contributed by atoms with Gasteiger partial charge in [0.2, 0.25) is 0 Å². The van der Waals surface area contributed by atoms with Crippen molar-refractivity contribution in [3.05, 3.63) is 0 Å². The SMILES string of the molecule is CCCC[Si](C)(C)OC1(P(=O)(OC(C)C)OC(C)C)CCCO1. The van der Waals surface area contributed by atoms with Crippen molar-refractivity contribution in [2.45, 2.75) is 97.2 Å². The molecule has 1 heterocycles. The molecule has 1 saturated heterocycles. The Balaban J connectivity index is 3.10. The predicted molar refractivity (Wildman–Crippen MR) is 96.2 cm³/mol. The number of ether oxygens (including phenoxy) is 1. The smallest absolute Gasteiger partial charge is 0.381 e. The molecular weight excluding hydrogens is 331 g/mol. The molecular formula is C16H35O5PSi. The van der Waals surface area contributed by atoms with Crippen molar-refractivity contribution in [1.82, 2.24) is 0 Å². The lowest BCUT2D eigenvalue weighted by Gasteiger charge is -2.41. The topological polar surface area (TPSA) is 54.0 Å². The van der Waals surface area contributed by atoms with Crippen LogP contribution in [0.15, 0.2) is 0 Å². The third-order valence-corrected chi connectivity index (χ3v) is 8.94. The molecule has 1 aliphatic heterocycles. The van der Waals surface area contributed by atoms with Crippen LogP contribution in [0.25, 0.3) is 0 Å². The molecule has 0 aromatic heterocycles. The molecule has 0 saturated carbocycles. The molecule has 0 N–H and O–H groups in total. The molecule has 7 heteroatoms. The highest BCUT2D eigenvalue weighted by atomic mass is 31.2. The van der Waals surface area contributed by atoms with E-state index >= 15 is 0 Å². The fraction of sp³-hybridized carbons (Fsp3) is 1.00. The zero-order chi connectivity index (χ0) is 17.7. The largest absolute Gasteiger partial charge is 0.389 e. The van der Waals surface area contributed by atoms with E-state index in [-0.39, 0.29) is 12.2 Å². The van der Waals surface area contributed by atoms with Gasteiger partial charge in [-0.15, -0.1) is 0 Å². The summed E-state index contributed by atoms with van der Waals surface area (Å²) in [6.07, 6.45) is 3.16. The second-order valence-electron chi connectivity index (χ2n) is 7.44. The van der Waals surface area contributed by atoms with Gasteiger partial charge in [-0.3, -0.25) is 4.57 Å². The Hall–Kier alpha value is 0.287. The summed E-state index contributed by atoms with van der Waals surface area (Å²) >= 11 is 0. The first-order valence-corrected chi connectivity index (χ1v) is 13.5. The van der Waals surface area contributed by atoms with Crippen molar-refractivity contribution < 1.29 is 22.8 Å². The number of hydrogen-bond acceptors (Lipinski definition) is 5. The Bertz CT molecular complexity index is 391. The quantitative estimate of drug-likeness (QED) is 0.376. The first-order chi connectivity index (χ1) is 10.6. The van der Waals surface area contributed by atoms with Crippen LogP contribution in [0.5, 0.6) is 0 Å². The normalized spacial score (nSPS) is 23.2. The molecule has 1 aliphatic rings. The first-order valence-electron chi connectivity index (χ1n) is 8.87. The van der Waals surface area contributed by atoms with Crippen LogP contribution in [0.1, 0.15) is 60.3 Å². The van der Waals surface area contributed by atoms with Crippen LogP contribution >= 0.6 is 7.60 Å². The van der Waals surface area contributed by atoms with Crippen molar-refractivity contribution in [1.29, 1.82) is 0 Å². The molecule has 0 aliphatic carbocycles. The molecule has 0 spiro atoms. The van der Waals surface area contributed by atoms with Gasteiger partial charge in [-0.05, 0) is 53.3 Å². The molecule has 23 heavy (non-hydrogen) atoms. The highest BCUT2D eigenvalue weighted by molar-refractivity contribution is 7.55. The second-order valence-corrected chi connectivity index (χ2v) is 13.8. The third kappa shape index (κ3) is 5.94. The van der Waals surface area contributed by atoms with Crippen LogP contribution in [0.4, 0.5) is 0 Å². The van der Waals surface area contributed by atoms with Gasteiger partial charge in [0.05, 0.1) is 18.8 Å². The molecule has 1 atom stereocenters.